The highest BCUT2D eigenvalue weighted by Crippen LogP contribution is 2.36. The van der Waals surface area contributed by atoms with Gasteiger partial charge in [0.2, 0.25) is 0 Å². The number of benzene rings is 1. The second-order valence-electron chi connectivity index (χ2n) is 3.96. The van der Waals surface area contributed by atoms with Crippen LogP contribution in [0.5, 0.6) is 0 Å². The number of rotatable bonds is 1. The smallest absolute Gasteiger partial charge is 0.116 e. The maximum absolute atomic E-state index is 10.3. The summed E-state index contributed by atoms with van der Waals surface area (Å²) < 4.78 is 0. The van der Waals surface area contributed by atoms with Crippen LogP contribution in [0.15, 0.2) is 24.3 Å². The van der Waals surface area contributed by atoms with Crippen LogP contribution < -0.4 is 0 Å². The molecule has 75 valence electrons. The first kappa shape index (κ1) is 9.69. The average molecular weight is 191 g/mol. The Balaban J connectivity index is 2.30. The van der Waals surface area contributed by atoms with Crippen LogP contribution in [0.1, 0.15) is 31.2 Å². The van der Waals surface area contributed by atoms with Crippen molar-refractivity contribution < 1.29 is 10.2 Å². The van der Waals surface area contributed by atoms with Crippen molar-refractivity contribution >= 4 is 0 Å². The molecule has 0 spiro atoms. The Kier molecular flexibility index (Phi) is 2.57. The molecule has 2 N–H and O–H groups in total. The molecule has 2 heteroatoms. The van der Waals surface area contributed by atoms with E-state index in [2.05, 4.69) is 6.07 Å². The summed E-state index contributed by atoms with van der Waals surface area (Å²) in [6, 6.07) is 10.3. The van der Waals surface area contributed by atoms with Gasteiger partial charge in [0.05, 0.1) is 6.10 Å². The topological polar surface area (TPSA) is 40.5 Å². The van der Waals surface area contributed by atoms with Gasteiger partial charge in [-0.05, 0) is 24.5 Å². The van der Waals surface area contributed by atoms with Crippen LogP contribution in [-0.4, -0.2) is 16.3 Å². The molecular weight excluding hydrogens is 176 g/mol. The van der Waals surface area contributed by atoms with Crippen molar-refractivity contribution in [3.8, 4) is 0 Å². The van der Waals surface area contributed by atoms with Crippen molar-refractivity contribution in [2.75, 3.05) is 0 Å². The van der Waals surface area contributed by atoms with E-state index in [9.17, 15) is 10.2 Å². The van der Waals surface area contributed by atoms with Gasteiger partial charge >= 0.3 is 0 Å². The summed E-state index contributed by atoms with van der Waals surface area (Å²) in [5, 5.41) is 20.1. The second kappa shape index (κ2) is 3.71. The van der Waals surface area contributed by atoms with Gasteiger partial charge in [-0.15, -0.1) is 0 Å². The molecule has 1 fully saturated rings. The molecule has 1 saturated carbocycles. The molecule has 2 nitrogen and oxygen atoms in total. The first-order valence-electron chi connectivity index (χ1n) is 5.11. The predicted molar refractivity (Wildman–Crippen MR) is 53.6 cm³/mol. The molecule has 14 heavy (non-hydrogen) atoms. The summed E-state index contributed by atoms with van der Waals surface area (Å²) in [5.41, 5.74) is -0.355. The van der Waals surface area contributed by atoms with E-state index in [1.54, 1.807) is 6.07 Å². The van der Waals surface area contributed by atoms with E-state index in [1.807, 2.05) is 18.2 Å². The highest BCUT2D eigenvalue weighted by atomic mass is 16.3. The van der Waals surface area contributed by atoms with Crippen LogP contribution in [0.25, 0.3) is 0 Å². The van der Waals surface area contributed by atoms with Gasteiger partial charge in [-0.2, -0.15) is 0 Å². The first-order valence-corrected chi connectivity index (χ1v) is 5.11. The molecule has 1 aliphatic rings. The van der Waals surface area contributed by atoms with Crippen molar-refractivity contribution in [1.29, 1.82) is 0 Å². The van der Waals surface area contributed by atoms with Gasteiger partial charge in [-0.3, -0.25) is 0 Å². The van der Waals surface area contributed by atoms with Crippen molar-refractivity contribution in [1.82, 2.24) is 0 Å². The van der Waals surface area contributed by atoms with Crippen molar-refractivity contribution in [3.63, 3.8) is 0 Å². The van der Waals surface area contributed by atoms with Crippen LogP contribution in [0, 0.1) is 6.07 Å². The maximum Gasteiger partial charge on any atom is 0.116 e. The predicted octanol–water partition coefficient (Wildman–Crippen LogP) is 1.61. The fourth-order valence-corrected chi connectivity index (χ4v) is 2.11. The van der Waals surface area contributed by atoms with Crippen molar-refractivity contribution in [2.45, 2.75) is 37.4 Å². The minimum atomic E-state index is -1.07. The Labute approximate surface area is 84.2 Å². The Morgan fingerprint density at radius 3 is 2.86 bits per heavy atom. The van der Waals surface area contributed by atoms with Gasteiger partial charge < -0.3 is 10.2 Å². The number of hydrogen-bond donors (Lipinski definition) is 2. The molecule has 1 aliphatic carbocycles. The van der Waals surface area contributed by atoms with E-state index in [0.717, 1.165) is 12.8 Å². The van der Waals surface area contributed by atoms with Crippen LogP contribution in [0.4, 0.5) is 0 Å². The summed E-state index contributed by atoms with van der Waals surface area (Å²) in [5.74, 6) is 0. The molecule has 0 amide bonds. The molecule has 0 heterocycles. The van der Waals surface area contributed by atoms with Gasteiger partial charge in [0.1, 0.15) is 5.60 Å². The molecule has 2 rings (SSSR count). The molecule has 2 atom stereocenters. The highest BCUT2D eigenvalue weighted by Gasteiger charge is 2.39. The van der Waals surface area contributed by atoms with Crippen LogP contribution in [0.3, 0.4) is 0 Å². The number of aliphatic hydroxyl groups is 2. The Bertz CT molecular complexity index is 296. The summed E-state index contributed by atoms with van der Waals surface area (Å²) in [7, 11) is 0. The summed E-state index contributed by atoms with van der Waals surface area (Å²) in [6.45, 7) is 0. The molecule has 1 radical (unpaired) electrons. The Hall–Kier alpha value is -0.860. The van der Waals surface area contributed by atoms with Crippen LogP contribution >= 0.6 is 0 Å². The van der Waals surface area contributed by atoms with Gasteiger partial charge in [0.25, 0.3) is 0 Å². The standard InChI is InChI=1S/C12H15O2/c13-11-8-4-5-9-12(11,14)10-6-2-1-3-7-10/h1-3,6,11,13-14H,4-5,8-9H2. The van der Waals surface area contributed by atoms with Gasteiger partial charge in [-0.25, -0.2) is 0 Å². The first-order chi connectivity index (χ1) is 6.73. The fraction of sp³-hybridized carbons (Fsp3) is 0.500. The molecular formula is C12H15O2. The Morgan fingerprint density at radius 1 is 1.36 bits per heavy atom. The summed E-state index contributed by atoms with van der Waals surface area (Å²) in [6.07, 6.45) is 2.63. The van der Waals surface area contributed by atoms with Crippen LogP contribution in [0.2, 0.25) is 0 Å². The quantitative estimate of drug-likeness (QED) is 0.708. The SMILES string of the molecule is OC1CCCCC1(O)c1[c]cccc1. The van der Waals surface area contributed by atoms with Gasteiger partial charge in [0, 0.05) is 0 Å². The Morgan fingerprint density at radius 2 is 2.21 bits per heavy atom. The zero-order chi connectivity index (χ0) is 10.0. The maximum atomic E-state index is 10.3. The second-order valence-corrected chi connectivity index (χ2v) is 3.96. The van der Waals surface area contributed by atoms with E-state index in [1.165, 1.54) is 0 Å². The van der Waals surface area contributed by atoms with E-state index in [0.29, 0.717) is 18.4 Å². The third-order valence-corrected chi connectivity index (χ3v) is 3.01. The van der Waals surface area contributed by atoms with Crippen LogP contribution in [-0.2, 0) is 5.60 Å². The van der Waals surface area contributed by atoms with E-state index in [4.69, 9.17) is 0 Å². The largest absolute Gasteiger partial charge is 0.390 e. The van der Waals surface area contributed by atoms with E-state index < -0.39 is 11.7 Å². The minimum absolute atomic E-state index is 0.634. The molecule has 0 saturated heterocycles. The third kappa shape index (κ3) is 1.56. The lowest BCUT2D eigenvalue weighted by molar-refractivity contribution is -0.106. The van der Waals surface area contributed by atoms with E-state index in [-0.39, 0.29) is 0 Å². The van der Waals surface area contributed by atoms with Crippen molar-refractivity contribution in [3.05, 3.63) is 35.9 Å². The average Bonchev–Trinajstić information content (AvgIpc) is 2.24. The molecule has 0 bridgehead atoms. The van der Waals surface area contributed by atoms with Crippen molar-refractivity contribution in [2.24, 2.45) is 0 Å². The normalized spacial score (nSPS) is 32.9. The fourth-order valence-electron chi connectivity index (χ4n) is 2.11. The van der Waals surface area contributed by atoms with Gasteiger partial charge in [0.15, 0.2) is 0 Å². The third-order valence-electron chi connectivity index (χ3n) is 3.01. The lowest BCUT2D eigenvalue weighted by atomic mass is 9.77. The monoisotopic (exact) mass is 191 g/mol. The minimum Gasteiger partial charge on any atom is -0.390 e. The van der Waals surface area contributed by atoms with E-state index >= 15 is 0 Å². The lowest BCUT2D eigenvalue weighted by Gasteiger charge is -2.37. The molecule has 0 aromatic heterocycles. The zero-order valence-electron chi connectivity index (χ0n) is 8.11. The number of aliphatic hydroxyl groups excluding tert-OH is 1. The highest BCUT2D eigenvalue weighted by molar-refractivity contribution is 5.23. The molecule has 1 aromatic rings. The molecule has 0 aliphatic heterocycles. The number of hydrogen-bond acceptors (Lipinski definition) is 2. The molecule has 1 aromatic carbocycles. The lowest BCUT2D eigenvalue weighted by Crippen LogP contribution is -2.42. The summed E-state index contributed by atoms with van der Waals surface area (Å²) >= 11 is 0. The molecule has 2 unspecified atom stereocenters. The summed E-state index contributed by atoms with van der Waals surface area (Å²) in [4.78, 5) is 0. The zero-order valence-corrected chi connectivity index (χ0v) is 8.11. The van der Waals surface area contributed by atoms with Gasteiger partial charge in [-0.1, -0.05) is 37.1 Å².